The summed E-state index contributed by atoms with van der Waals surface area (Å²) in [5, 5.41) is 86.3. The molecule has 0 bridgehead atoms. The summed E-state index contributed by atoms with van der Waals surface area (Å²) in [6, 6.07) is -0.937. The van der Waals surface area contributed by atoms with Crippen molar-refractivity contribution in [3.05, 3.63) is 60.8 Å². The lowest BCUT2D eigenvalue weighted by Gasteiger charge is -2.46. The number of rotatable bonds is 34. The van der Waals surface area contributed by atoms with E-state index in [9.17, 15) is 45.6 Å². The van der Waals surface area contributed by atoms with Gasteiger partial charge in [-0.1, -0.05) is 126 Å². The Morgan fingerprint density at radius 1 is 0.581 bits per heavy atom. The number of carbonyl (C=O) groups is 1. The van der Waals surface area contributed by atoms with E-state index in [1.54, 1.807) is 6.08 Å². The molecule has 0 saturated carbocycles. The van der Waals surface area contributed by atoms with Crippen molar-refractivity contribution in [1.29, 1.82) is 0 Å². The van der Waals surface area contributed by atoms with E-state index in [0.29, 0.717) is 12.8 Å². The summed E-state index contributed by atoms with van der Waals surface area (Å²) in [6.45, 7) is 2.64. The standard InChI is InChI=1S/C48H83NO13/c1-3-5-7-9-11-13-14-15-16-17-18-19-20-21-22-24-26-28-30-32-40(53)49-36(37(52)31-29-27-25-23-12-10-8-6-4-2)35-59-47-45(58)43(56)46(39(34-51)61-47)62-48-44(57)42(55)41(54)38(33-50)60-48/h11-13,15-16,18-19,23,29,31,36-39,41-48,50-52,54-58H,3-10,14,17,20-22,24-28,30,32-35H2,1-2H3,(H,49,53)/b13-11-,16-15-,19-18-,23-12+,31-29+. The van der Waals surface area contributed by atoms with Crippen LogP contribution in [0.1, 0.15) is 142 Å². The third kappa shape index (κ3) is 22.5. The fourth-order valence-corrected chi connectivity index (χ4v) is 7.25. The van der Waals surface area contributed by atoms with Gasteiger partial charge in [0.1, 0.15) is 48.8 Å². The molecule has 2 rings (SSSR count). The van der Waals surface area contributed by atoms with Crippen LogP contribution in [0.15, 0.2) is 60.8 Å². The van der Waals surface area contributed by atoms with Gasteiger partial charge in [-0.3, -0.25) is 4.79 Å². The van der Waals surface area contributed by atoms with Crippen LogP contribution in [0.5, 0.6) is 0 Å². The van der Waals surface area contributed by atoms with Crippen molar-refractivity contribution in [2.24, 2.45) is 0 Å². The minimum atomic E-state index is -1.79. The number of unbranched alkanes of at least 4 members (excludes halogenated alkanes) is 13. The number of aliphatic hydroxyl groups is 8. The highest BCUT2D eigenvalue weighted by molar-refractivity contribution is 5.76. The van der Waals surface area contributed by atoms with E-state index >= 15 is 0 Å². The summed E-state index contributed by atoms with van der Waals surface area (Å²) < 4.78 is 22.6. The minimum absolute atomic E-state index is 0.255. The van der Waals surface area contributed by atoms with Crippen LogP contribution in [0, 0.1) is 0 Å². The summed E-state index contributed by atoms with van der Waals surface area (Å²) in [7, 11) is 0. The van der Waals surface area contributed by atoms with Gasteiger partial charge in [0, 0.05) is 6.42 Å². The molecule has 0 aromatic carbocycles. The average molecular weight is 882 g/mol. The van der Waals surface area contributed by atoms with Gasteiger partial charge in [-0.2, -0.15) is 0 Å². The molecule has 12 unspecified atom stereocenters. The van der Waals surface area contributed by atoms with Gasteiger partial charge in [-0.05, 0) is 70.6 Å². The fourth-order valence-electron chi connectivity index (χ4n) is 7.25. The molecular weight excluding hydrogens is 799 g/mol. The maximum atomic E-state index is 13.1. The first-order valence-corrected chi connectivity index (χ1v) is 23.5. The van der Waals surface area contributed by atoms with Crippen molar-refractivity contribution in [2.45, 2.75) is 216 Å². The van der Waals surface area contributed by atoms with Gasteiger partial charge in [0.05, 0.1) is 32.0 Å². The van der Waals surface area contributed by atoms with Crippen molar-refractivity contribution in [3.8, 4) is 0 Å². The maximum absolute atomic E-state index is 13.1. The number of amides is 1. The van der Waals surface area contributed by atoms with Gasteiger partial charge in [0.25, 0.3) is 0 Å². The zero-order valence-corrected chi connectivity index (χ0v) is 37.6. The van der Waals surface area contributed by atoms with Gasteiger partial charge in [-0.25, -0.2) is 0 Å². The first-order valence-electron chi connectivity index (χ1n) is 23.5. The zero-order chi connectivity index (χ0) is 45.4. The van der Waals surface area contributed by atoms with Crippen molar-refractivity contribution in [1.82, 2.24) is 5.32 Å². The Morgan fingerprint density at radius 2 is 1.08 bits per heavy atom. The van der Waals surface area contributed by atoms with Gasteiger partial charge in [0.15, 0.2) is 12.6 Å². The van der Waals surface area contributed by atoms with Gasteiger partial charge in [0.2, 0.25) is 5.91 Å². The van der Waals surface area contributed by atoms with Gasteiger partial charge >= 0.3 is 0 Å². The molecule has 358 valence electrons. The zero-order valence-electron chi connectivity index (χ0n) is 37.6. The molecule has 2 saturated heterocycles. The number of hydrogen-bond acceptors (Lipinski definition) is 13. The number of aliphatic hydroxyl groups excluding tert-OH is 8. The van der Waals surface area contributed by atoms with Crippen LogP contribution in [0.3, 0.4) is 0 Å². The summed E-state index contributed by atoms with van der Waals surface area (Å²) in [4.78, 5) is 13.1. The molecule has 62 heavy (non-hydrogen) atoms. The van der Waals surface area contributed by atoms with Crippen molar-refractivity contribution in [2.75, 3.05) is 19.8 Å². The monoisotopic (exact) mass is 882 g/mol. The van der Waals surface area contributed by atoms with Crippen LogP contribution in [0.4, 0.5) is 0 Å². The van der Waals surface area contributed by atoms with E-state index < -0.39 is 86.8 Å². The Labute approximate surface area is 371 Å². The molecule has 0 aromatic heterocycles. The Bertz CT molecular complexity index is 1270. The molecule has 0 spiro atoms. The Balaban J connectivity index is 1.85. The molecule has 14 nitrogen and oxygen atoms in total. The molecule has 9 N–H and O–H groups in total. The lowest BCUT2D eigenvalue weighted by molar-refractivity contribution is -0.359. The van der Waals surface area contributed by atoms with Crippen molar-refractivity contribution in [3.63, 3.8) is 0 Å². The second-order valence-electron chi connectivity index (χ2n) is 16.5. The van der Waals surface area contributed by atoms with Crippen molar-refractivity contribution < 1.29 is 64.6 Å². The van der Waals surface area contributed by atoms with Crippen LogP contribution >= 0.6 is 0 Å². The third-order valence-corrected chi connectivity index (χ3v) is 11.2. The summed E-state index contributed by atoms with van der Waals surface area (Å²) in [6.07, 6.45) is 24.2. The Kier molecular flexibility index (Phi) is 31.5. The van der Waals surface area contributed by atoms with E-state index in [4.69, 9.17) is 18.9 Å². The first-order chi connectivity index (χ1) is 30.1. The predicted molar refractivity (Wildman–Crippen MR) is 240 cm³/mol. The molecule has 0 aromatic rings. The first kappa shape index (κ1) is 55.8. The van der Waals surface area contributed by atoms with Gasteiger partial charge < -0.3 is 65.1 Å². The maximum Gasteiger partial charge on any atom is 0.220 e. The molecular formula is C48H83NO13. The second-order valence-corrected chi connectivity index (χ2v) is 16.5. The predicted octanol–water partition coefficient (Wildman–Crippen LogP) is 5.10. The summed E-state index contributed by atoms with van der Waals surface area (Å²) >= 11 is 0. The van der Waals surface area contributed by atoms with Crippen LogP contribution in [-0.4, -0.2) is 140 Å². The molecule has 2 aliphatic heterocycles. The quantitative estimate of drug-likeness (QED) is 0.0304. The lowest BCUT2D eigenvalue weighted by atomic mass is 9.97. The number of nitrogens with one attached hydrogen (secondary N) is 1. The van der Waals surface area contributed by atoms with Crippen molar-refractivity contribution >= 4 is 5.91 Å². The minimum Gasteiger partial charge on any atom is -0.394 e. The second kappa shape index (κ2) is 35.0. The molecule has 12 atom stereocenters. The number of carbonyl (C=O) groups excluding carboxylic acids is 1. The lowest BCUT2D eigenvalue weighted by Crippen LogP contribution is -2.65. The van der Waals surface area contributed by atoms with E-state index in [1.165, 1.54) is 38.5 Å². The largest absolute Gasteiger partial charge is 0.394 e. The summed E-state index contributed by atoms with van der Waals surface area (Å²) in [5.41, 5.74) is 0. The van der Waals surface area contributed by atoms with E-state index in [0.717, 1.165) is 70.6 Å². The fraction of sp³-hybridized carbons (Fsp3) is 0.771. The number of ether oxygens (including phenoxy) is 4. The molecule has 0 radical (unpaired) electrons. The SMILES string of the molecule is CCCCC/C=C\C/C=C\C/C=C\CCCCCCCCC(=O)NC(COC1OC(CO)C(OC2OC(CO)C(O)C(O)C2O)C(O)C1O)C(O)/C=C/CC/C=C/CCCCC. The molecule has 0 aliphatic carbocycles. The summed E-state index contributed by atoms with van der Waals surface area (Å²) in [5.74, 6) is -0.269. The highest BCUT2D eigenvalue weighted by Crippen LogP contribution is 2.30. The topological polar surface area (TPSA) is 228 Å². The smallest absolute Gasteiger partial charge is 0.220 e. The Morgan fingerprint density at radius 3 is 1.69 bits per heavy atom. The third-order valence-electron chi connectivity index (χ3n) is 11.2. The van der Waals surface area contributed by atoms with Crippen LogP contribution in [0.25, 0.3) is 0 Å². The van der Waals surface area contributed by atoms with Crippen LogP contribution < -0.4 is 5.32 Å². The van der Waals surface area contributed by atoms with Crippen LogP contribution in [-0.2, 0) is 23.7 Å². The highest BCUT2D eigenvalue weighted by Gasteiger charge is 2.50. The number of allylic oxidation sites excluding steroid dienone is 9. The molecule has 1 amide bonds. The Hall–Kier alpha value is -2.31. The normalized spacial score (nSPS) is 28.3. The van der Waals surface area contributed by atoms with Crippen LogP contribution in [0.2, 0.25) is 0 Å². The molecule has 14 heteroatoms. The highest BCUT2D eigenvalue weighted by atomic mass is 16.7. The van der Waals surface area contributed by atoms with E-state index in [1.807, 2.05) is 6.08 Å². The van der Waals surface area contributed by atoms with E-state index in [-0.39, 0.29) is 18.9 Å². The molecule has 2 aliphatic rings. The number of hydrogen-bond donors (Lipinski definition) is 9. The van der Waals surface area contributed by atoms with E-state index in [2.05, 4.69) is 67.8 Å². The van der Waals surface area contributed by atoms with Gasteiger partial charge in [-0.15, -0.1) is 0 Å². The molecule has 2 heterocycles. The average Bonchev–Trinajstić information content (AvgIpc) is 3.27. The molecule has 2 fully saturated rings.